The van der Waals surface area contributed by atoms with Crippen molar-refractivity contribution in [1.82, 2.24) is 4.98 Å². The number of carboxylic acids is 1. The average Bonchev–Trinajstić information content (AvgIpc) is 2.46. The molecule has 0 aliphatic rings. The van der Waals surface area contributed by atoms with Gasteiger partial charge in [0.1, 0.15) is 0 Å². The van der Waals surface area contributed by atoms with Crippen LogP contribution in [0.3, 0.4) is 0 Å². The summed E-state index contributed by atoms with van der Waals surface area (Å²) in [5.41, 5.74) is 2.23. The molecular weight excluding hydrogens is 354 g/mol. The highest BCUT2D eigenvalue weighted by Gasteiger charge is 2.13. The number of halogens is 2. The first kappa shape index (κ1) is 14.0. The molecule has 0 aliphatic carbocycles. The van der Waals surface area contributed by atoms with E-state index >= 15 is 0 Å². The van der Waals surface area contributed by atoms with E-state index in [1.807, 2.05) is 18.2 Å². The van der Waals surface area contributed by atoms with Crippen LogP contribution in [0.4, 0.5) is 0 Å². The number of rotatable bonds is 2. The van der Waals surface area contributed by atoms with Crippen molar-refractivity contribution in [3.63, 3.8) is 0 Å². The highest BCUT2D eigenvalue weighted by molar-refractivity contribution is 9.10. The van der Waals surface area contributed by atoms with Crippen LogP contribution in [0.2, 0.25) is 5.02 Å². The molecule has 2 aromatic carbocycles. The van der Waals surface area contributed by atoms with E-state index in [0.717, 1.165) is 10.0 Å². The van der Waals surface area contributed by atoms with Gasteiger partial charge in [-0.05, 0) is 36.4 Å². The maximum Gasteiger partial charge on any atom is 0.336 e. The predicted octanol–water partition coefficient (Wildman–Crippen LogP) is 5.02. The van der Waals surface area contributed by atoms with Crippen molar-refractivity contribution in [2.75, 3.05) is 0 Å². The van der Waals surface area contributed by atoms with Crippen LogP contribution in [0.15, 0.2) is 53.0 Å². The fraction of sp³-hybridized carbons (Fsp3) is 0. The second-order valence-electron chi connectivity index (χ2n) is 4.53. The van der Waals surface area contributed by atoms with Gasteiger partial charge in [-0.1, -0.05) is 39.7 Å². The molecule has 0 bridgehead atoms. The quantitative estimate of drug-likeness (QED) is 0.696. The van der Waals surface area contributed by atoms with Crippen LogP contribution in [0, 0.1) is 0 Å². The van der Waals surface area contributed by atoms with Gasteiger partial charge in [0.05, 0.1) is 16.8 Å². The molecule has 104 valence electrons. The van der Waals surface area contributed by atoms with Crippen molar-refractivity contribution >= 4 is 44.4 Å². The van der Waals surface area contributed by atoms with Crippen molar-refractivity contribution in [3.8, 4) is 11.3 Å². The Balaban J connectivity index is 2.31. The van der Waals surface area contributed by atoms with E-state index in [1.165, 1.54) is 0 Å². The van der Waals surface area contributed by atoms with Crippen LogP contribution in [-0.4, -0.2) is 16.1 Å². The average molecular weight is 363 g/mol. The van der Waals surface area contributed by atoms with Crippen LogP contribution in [0.5, 0.6) is 0 Å². The molecule has 0 unspecified atom stereocenters. The number of nitrogens with zero attached hydrogens (tertiary/aromatic N) is 1. The monoisotopic (exact) mass is 361 g/mol. The molecule has 3 nitrogen and oxygen atoms in total. The van der Waals surface area contributed by atoms with Gasteiger partial charge in [0.15, 0.2) is 0 Å². The number of carboxylic acid groups (broad SMARTS) is 1. The lowest BCUT2D eigenvalue weighted by molar-refractivity contribution is 0.0699. The summed E-state index contributed by atoms with van der Waals surface area (Å²) >= 11 is 9.34. The van der Waals surface area contributed by atoms with Crippen LogP contribution in [0.25, 0.3) is 22.2 Å². The molecule has 0 radical (unpaired) electrons. The van der Waals surface area contributed by atoms with Gasteiger partial charge in [-0.25, -0.2) is 9.78 Å². The third-order valence-electron chi connectivity index (χ3n) is 3.12. The first-order chi connectivity index (χ1) is 10.0. The zero-order valence-electron chi connectivity index (χ0n) is 10.7. The fourth-order valence-electron chi connectivity index (χ4n) is 2.17. The van der Waals surface area contributed by atoms with Crippen molar-refractivity contribution in [1.29, 1.82) is 0 Å². The van der Waals surface area contributed by atoms with Gasteiger partial charge in [0.25, 0.3) is 0 Å². The number of aromatic carboxylic acids is 1. The SMILES string of the molecule is O=C(O)c1cc(-c2cccc(Cl)c2)nc2ccc(Br)cc12. The maximum absolute atomic E-state index is 11.5. The van der Waals surface area contributed by atoms with E-state index in [-0.39, 0.29) is 5.56 Å². The van der Waals surface area contributed by atoms with Crippen molar-refractivity contribution < 1.29 is 9.90 Å². The second-order valence-corrected chi connectivity index (χ2v) is 5.88. The second kappa shape index (κ2) is 5.47. The van der Waals surface area contributed by atoms with Crippen LogP contribution >= 0.6 is 27.5 Å². The number of pyridine rings is 1. The Morgan fingerprint density at radius 2 is 1.95 bits per heavy atom. The first-order valence-electron chi connectivity index (χ1n) is 6.14. The normalized spacial score (nSPS) is 10.8. The third kappa shape index (κ3) is 2.77. The highest BCUT2D eigenvalue weighted by atomic mass is 79.9. The van der Waals surface area contributed by atoms with Crippen LogP contribution in [0.1, 0.15) is 10.4 Å². The Hall–Kier alpha value is -1.91. The summed E-state index contributed by atoms with van der Waals surface area (Å²) in [5, 5.41) is 10.6. The minimum Gasteiger partial charge on any atom is -0.478 e. The first-order valence-corrected chi connectivity index (χ1v) is 7.31. The predicted molar refractivity (Wildman–Crippen MR) is 86.8 cm³/mol. The Kier molecular flexibility index (Phi) is 3.66. The summed E-state index contributed by atoms with van der Waals surface area (Å²) < 4.78 is 0.815. The number of hydrogen-bond donors (Lipinski definition) is 1. The molecule has 0 saturated carbocycles. The number of fused-ring (bicyclic) bond motifs is 1. The molecule has 21 heavy (non-hydrogen) atoms. The zero-order valence-corrected chi connectivity index (χ0v) is 13.0. The maximum atomic E-state index is 11.5. The van der Waals surface area contributed by atoms with Crippen molar-refractivity contribution in [2.45, 2.75) is 0 Å². The van der Waals surface area contributed by atoms with Crippen molar-refractivity contribution in [3.05, 3.63) is 63.6 Å². The largest absolute Gasteiger partial charge is 0.478 e. The summed E-state index contributed by atoms with van der Waals surface area (Å²) in [7, 11) is 0. The molecule has 1 N–H and O–H groups in total. The van der Waals surface area contributed by atoms with Gasteiger partial charge in [-0.15, -0.1) is 0 Å². The molecule has 1 heterocycles. The van der Waals surface area contributed by atoms with Crippen molar-refractivity contribution in [2.24, 2.45) is 0 Å². The number of benzene rings is 2. The summed E-state index contributed by atoms with van der Waals surface area (Å²) in [6.07, 6.45) is 0. The van der Waals surface area contributed by atoms with Gasteiger partial charge in [0.2, 0.25) is 0 Å². The zero-order chi connectivity index (χ0) is 15.0. The lowest BCUT2D eigenvalue weighted by atomic mass is 10.0. The van der Waals surface area contributed by atoms with E-state index in [0.29, 0.717) is 21.6 Å². The van der Waals surface area contributed by atoms with Gasteiger partial charge >= 0.3 is 5.97 Å². The summed E-state index contributed by atoms with van der Waals surface area (Å²) in [4.78, 5) is 16.0. The molecule has 0 saturated heterocycles. The smallest absolute Gasteiger partial charge is 0.336 e. The summed E-state index contributed by atoms with van der Waals surface area (Å²) in [5.74, 6) is -0.983. The van der Waals surface area contributed by atoms with Crippen LogP contribution in [-0.2, 0) is 0 Å². The minimum atomic E-state index is -0.983. The van der Waals surface area contributed by atoms with E-state index in [9.17, 15) is 9.90 Å². The molecule has 0 fully saturated rings. The van der Waals surface area contributed by atoms with E-state index in [4.69, 9.17) is 11.6 Å². The minimum absolute atomic E-state index is 0.219. The van der Waals surface area contributed by atoms with E-state index in [2.05, 4.69) is 20.9 Å². The van der Waals surface area contributed by atoms with Gasteiger partial charge in [-0.2, -0.15) is 0 Å². The summed E-state index contributed by atoms with van der Waals surface area (Å²) in [6, 6.07) is 14.1. The molecule has 3 rings (SSSR count). The fourth-order valence-corrected chi connectivity index (χ4v) is 2.72. The molecule has 0 aliphatic heterocycles. The van der Waals surface area contributed by atoms with E-state index < -0.39 is 5.97 Å². The van der Waals surface area contributed by atoms with Gasteiger partial charge < -0.3 is 5.11 Å². The molecule has 3 aromatic rings. The number of aromatic nitrogens is 1. The molecule has 1 aromatic heterocycles. The highest BCUT2D eigenvalue weighted by Crippen LogP contribution is 2.28. The third-order valence-corrected chi connectivity index (χ3v) is 3.85. The Morgan fingerprint density at radius 1 is 1.14 bits per heavy atom. The molecule has 0 amide bonds. The number of hydrogen-bond acceptors (Lipinski definition) is 2. The standard InChI is InChI=1S/C16H9BrClNO2/c17-10-4-5-14-12(7-10)13(16(20)21)8-15(19-14)9-2-1-3-11(18)6-9/h1-8H,(H,20,21). The molecule has 0 atom stereocenters. The lowest BCUT2D eigenvalue weighted by Gasteiger charge is -2.08. The van der Waals surface area contributed by atoms with Gasteiger partial charge in [0, 0.05) is 20.4 Å². The summed E-state index contributed by atoms with van der Waals surface area (Å²) in [6.45, 7) is 0. The van der Waals surface area contributed by atoms with Crippen LogP contribution < -0.4 is 0 Å². The molecular formula is C16H9BrClNO2. The molecule has 5 heteroatoms. The molecule has 0 spiro atoms. The Bertz CT molecular complexity index is 864. The lowest BCUT2D eigenvalue weighted by Crippen LogP contribution is -2.00. The topological polar surface area (TPSA) is 50.2 Å². The Morgan fingerprint density at radius 3 is 2.67 bits per heavy atom. The Labute approximate surface area is 134 Å². The van der Waals surface area contributed by atoms with Gasteiger partial charge in [-0.3, -0.25) is 0 Å². The number of carbonyl (C=O) groups is 1. The van der Waals surface area contributed by atoms with E-state index in [1.54, 1.807) is 30.3 Å².